The van der Waals surface area contributed by atoms with Crippen molar-refractivity contribution in [1.82, 2.24) is 5.32 Å². The van der Waals surface area contributed by atoms with Crippen LogP contribution in [-0.2, 0) is 0 Å². The van der Waals surface area contributed by atoms with Crippen molar-refractivity contribution in [2.24, 2.45) is 16.5 Å². The summed E-state index contributed by atoms with van der Waals surface area (Å²) in [6.45, 7) is 2.43. The minimum absolute atomic E-state index is 0.185. The third-order valence-electron chi connectivity index (χ3n) is 1.70. The Kier molecular flexibility index (Phi) is 3.68. The first kappa shape index (κ1) is 11.0. The largest absolute Gasteiger partial charge is 0.370 e. The van der Waals surface area contributed by atoms with Gasteiger partial charge in [-0.3, -0.25) is 15.7 Å². The second-order valence-electron chi connectivity index (χ2n) is 2.98. The average molecular weight is 205 g/mol. The summed E-state index contributed by atoms with van der Waals surface area (Å²) in [6.07, 6.45) is 0. The van der Waals surface area contributed by atoms with Crippen LogP contribution in [0.3, 0.4) is 0 Å². The second kappa shape index (κ2) is 4.99. The number of rotatable bonds is 1. The lowest BCUT2D eigenvalue weighted by atomic mass is 10.6. The van der Waals surface area contributed by atoms with Gasteiger partial charge in [-0.15, -0.1) is 0 Å². The quantitative estimate of drug-likeness (QED) is 0.402. The van der Waals surface area contributed by atoms with Crippen molar-refractivity contribution in [2.45, 2.75) is 6.92 Å². The van der Waals surface area contributed by atoms with Crippen LogP contribution in [0.2, 0.25) is 0 Å². The zero-order chi connectivity index (χ0) is 11.3. The fraction of sp³-hybridized carbons (Fsp3) is 0.200. The van der Waals surface area contributed by atoms with Gasteiger partial charge in [-0.1, -0.05) is 18.2 Å². The van der Waals surface area contributed by atoms with Gasteiger partial charge in [0, 0.05) is 6.54 Å². The molecule has 0 radical (unpaired) electrons. The van der Waals surface area contributed by atoms with Gasteiger partial charge in [0.25, 0.3) is 0 Å². The first-order valence-electron chi connectivity index (χ1n) is 4.65. The molecule has 0 amide bonds. The molecule has 0 heterocycles. The summed E-state index contributed by atoms with van der Waals surface area (Å²) in [4.78, 5) is 3.73. The van der Waals surface area contributed by atoms with Crippen molar-refractivity contribution < 1.29 is 0 Å². The average Bonchev–Trinajstić information content (AvgIpc) is 2.74. The molecule has 0 fully saturated rings. The minimum Gasteiger partial charge on any atom is -0.370 e. The van der Waals surface area contributed by atoms with Crippen LogP contribution in [0.4, 0.5) is 0 Å². The van der Waals surface area contributed by atoms with Gasteiger partial charge in [0.2, 0.25) is 0 Å². The van der Waals surface area contributed by atoms with Gasteiger partial charge in [0.15, 0.2) is 11.9 Å². The third-order valence-corrected chi connectivity index (χ3v) is 1.70. The zero-order valence-electron chi connectivity index (χ0n) is 8.62. The molecule has 0 atom stereocenters. The van der Waals surface area contributed by atoms with E-state index in [1.165, 1.54) is 11.1 Å². The van der Waals surface area contributed by atoms with Crippen molar-refractivity contribution >= 4 is 11.9 Å². The Bertz CT molecular complexity index is 366. The molecule has 5 nitrogen and oxygen atoms in total. The number of nitrogens with zero attached hydrogens (tertiary/aromatic N) is 1. The van der Waals surface area contributed by atoms with Gasteiger partial charge in [-0.25, -0.2) is 0 Å². The molecule has 0 aromatic rings. The molecule has 0 aromatic carbocycles. The highest BCUT2D eigenvalue weighted by atomic mass is 15.2. The predicted molar refractivity (Wildman–Crippen MR) is 62.6 cm³/mol. The Hall–Kier alpha value is -2.04. The van der Waals surface area contributed by atoms with Crippen LogP contribution < -0.4 is 16.8 Å². The van der Waals surface area contributed by atoms with E-state index in [0.717, 1.165) is 0 Å². The van der Waals surface area contributed by atoms with Crippen LogP contribution in [0.15, 0.2) is 29.3 Å². The van der Waals surface area contributed by atoms with Gasteiger partial charge in [-0.05, 0) is 24.1 Å². The van der Waals surface area contributed by atoms with E-state index in [1.807, 2.05) is 6.92 Å². The lowest BCUT2D eigenvalue weighted by molar-refractivity contribution is 1.08. The molecule has 0 spiro atoms. The Morgan fingerprint density at radius 2 is 2.00 bits per heavy atom. The van der Waals surface area contributed by atoms with Crippen LogP contribution in [0.25, 0.3) is 11.1 Å². The molecule has 80 valence electrons. The molecule has 2 aliphatic rings. The second-order valence-corrected chi connectivity index (χ2v) is 2.98. The Labute approximate surface area is 88.7 Å². The van der Waals surface area contributed by atoms with Gasteiger partial charge in [-0.2, -0.15) is 0 Å². The topological polar surface area (TPSA) is 100 Å². The van der Waals surface area contributed by atoms with Crippen LogP contribution in [0.5, 0.6) is 0 Å². The minimum atomic E-state index is -0.190. The lowest BCUT2D eigenvalue weighted by Crippen LogP contribution is -2.40. The maximum absolute atomic E-state index is 6.71. The Balaban J connectivity index is 0.000000158. The van der Waals surface area contributed by atoms with Crippen LogP contribution in [0, 0.1) is 5.41 Å². The first-order chi connectivity index (χ1) is 7.13. The maximum atomic E-state index is 6.71. The summed E-state index contributed by atoms with van der Waals surface area (Å²) in [7, 11) is 0. The van der Waals surface area contributed by atoms with E-state index in [9.17, 15) is 0 Å². The molecular formula is C10H15N5. The SMILES string of the molecule is CCN=C(N)NC(=N)N.c1cc2cc-2c1. The van der Waals surface area contributed by atoms with Gasteiger partial charge >= 0.3 is 0 Å². The summed E-state index contributed by atoms with van der Waals surface area (Å²) >= 11 is 0. The molecule has 15 heavy (non-hydrogen) atoms. The summed E-state index contributed by atoms with van der Waals surface area (Å²) in [5, 5.41) is 9.04. The number of guanidine groups is 2. The highest BCUT2D eigenvalue weighted by Gasteiger charge is 2.06. The highest BCUT2D eigenvalue weighted by Crippen LogP contribution is 2.32. The van der Waals surface area contributed by atoms with E-state index in [-0.39, 0.29) is 11.9 Å². The standard InChI is InChI=1S/C6H4.C4H11N5/c1-2-5-4-6(5)3-1;1-2-8-4(7)9-3(5)6/h1-4H;2H2,1H3,(H6,5,6,7,8,9). The van der Waals surface area contributed by atoms with Crippen molar-refractivity contribution in [3.05, 3.63) is 24.3 Å². The van der Waals surface area contributed by atoms with Crippen LogP contribution in [-0.4, -0.2) is 18.5 Å². The van der Waals surface area contributed by atoms with E-state index >= 15 is 0 Å². The predicted octanol–water partition coefficient (Wildman–Crippen LogP) is 0.471. The molecule has 0 bridgehead atoms. The van der Waals surface area contributed by atoms with Crippen molar-refractivity contribution in [3.8, 4) is 11.1 Å². The third kappa shape index (κ3) is 4.12. The zero-order valence-corrected chi connectivity index (χ0v) is 8.62. The summed E-state index contributed by atoms with van der Waals surface area (Å²) in [5.41, 5.74) is 13.0. The molecule has 5 heteroatoms. The highest BCUT2D eigenvalue weighted by molar-refractivity contribution is 5.95. The number of fused-ring (bicyclic) bond motifs is 1. The Morgan fingerprint density at radius 1 is 1.40 bits per heavy atom. The molecule has 0 aromatic heterocycles. The summed E-state index contributed by atoms with van der Waals surface area (Å²) in [6, 6.07) is 8.48. The van der Waals surface area contributed by atoms with E-state index in [0.29, 0.717) is 6.54 Å². The van der Waals surface area contributed by atoms with E-state index in [2.05, 4.69) is 34.6 Å². The maximum Gasteiger partial charge on any atom is 0.195 e. The molecule has 0 saturated carbocycles. The fourth-order valence-electron chi connectivity index (χ4n) is 1.02. The molecule has 2 rings (SSSR count). The monoisotopic (exact) mass is 205 g/mol. The van der Waals surface area contributed by atoms with Crippen molar-refractivity contribution in [1.29, 1.82) is 5.41 Å². The summed E-state index contributed by atoms with van der Waals surface area (Å²) < 4.78 is 0. The Morgan fingerprint density at radius 3 is 2.27 bits per heavy atom. The van der Waals surface area contributed by atoms with Crippen LogP contribution in [0.1, 0.15) is 6.92 Å². The molecule has 2 aliphatic carbocycles. The molecule has 0 aliphatic heterocycles. The van der Waals surface area contributed by atoms with E-state index in [4.69, 9.17) is 16.9 Å². The fourth-order valence-corrected chi connectivity index (χ4v) is 1.02. The van der Waals surface area contributed by atoms with Crippen molar-refractivity contribution in [2.75, 3.05) is 6.54 Å². The lowest BCUT2D eigenvalue weighted by Gasteiger charge is -1.99. The number of hydrogen-bond acceptors (Lipinski definition) is 2. The number of benzene rings is 1. The number of nitrogens with one attached hydrogen (secondary N) is 2. The smallest absolute Gasteiger partial charge is 0.195 e. The van der Waals surface area contributed by atoms with Gasteiger partial charge in [0.05, 0.1) is 0 Å². The van der Waals surface area contributed by atoms with E-state index < -0.39 is 0 Å². The molecular weight excluding hydrogens is 190 g/mol. The van der Waals surface area contributed by atoms with Crippen LogP contribution >= 0.6 is 0 Å². The number of nitrogens with two attached hydrogens (primary N) is 2. The normalized spacial score (nSPS) is 11.1. The first-order valence-corrected chi connectivity index (χ1v) is 4.65. The summed E-state index contributed by atoms with van der Waals surface area (Å²) in [5.74, 6) is -0.00491. The molecule has 0 saturated heterocycles. The number of hydrogen-bond donors (Lipinski definition) is 4. The van der Waals surface area contributed by atoms with Crippen molar-refractivity contribution in [3.63, 3.8) is 0 Å². The van der Waals surface area contributed by atoms with Gasteiger partial charge in [0.1, 0.15) is 0 Å². The van der Waals surface area contributed by atoms with E-state index in [1.54, 1.807) is 0 Å². The number of aliphatic imine (C=N–C) groups is 1. The molecule has 0 unspecified atom stereocenters. The van der Waals surface area contributed by atoms with Gasteiger partial charge < -0.3 is 11.5 Å². The molecule has 6 N–H and O–H groups in total.